The first kappa shape index (κ1) is 24.6. The van der Waals surface area contributed by atoms with Crippen molar-refractivity contribution in [1.82, 2.24) is 4.90 Å². The lowest BCUT2D eigenvalue weighted by atomic mass is 9.83. The van der Waals surface area contributed by atoms with E-state index in [1.807, 2.05) is 37.3 Å². The van der Waals surface area contributed by atoms with Gasteiger partial charge in [-0.25, -0.2) is 0 Å². The Morgan fingerprint density at radius 3 is 2.51 bits per heavy atom. The molecule has 1 saturated heterocycles. The quantitative estimate of drug-likeness (QED) is 0.410. The number of nitrogens with one attached hydrogen (secondary N) is 1. The molecule has 3 aromatic carbocycles. The van der Waals surface area contributed by atoms with Crippen LogP contribution < -0.4 is 5.32 Å². The van der Waals surface area contributed by atoms with Crippen LogP contribution in [-0.2, 0) is 15.1 Å². The van der Waals surface area contributed by atoms with Gasteiger partial charge < -0.3 is 20.1 Å². The lowest BCUT2D eigenvalue weighted by molar-refractivity contribution is -0.122. The summed E-state index contributed by atoms with van der Waals surface area (Å²) in [6.45, 7) is 4.02. The Morgan fingerprint density at radius 2 is 1.84 bits per heavy atom. The highest BCUT2D eigenvalue weighted by atomic mass is 16.5. The Kier molecular flexibility index (Phi) is 6.98. The number of piperidine rings is 1. The van der Waals surface area contributed by atoms with E-state index in [-0.39, 0.29) is 18.1 Å². The fourth-order valence-electron chi connectivity index (χ4n) is 5.11. The van der Waals surface area contributed by atoms with Crippen LogP contribution in [0, 0.1) is 18.3 Å². The number of nitrogens with zero attached hydrogens (tertiary/aromatic N) is 2. The first-order valence-electron chi connectivity index (χ1n) is 12.7. The summed E-state index contributed by atoms with van der Waals surface area (Å²) in [6, 6.07) is 23.3. The lowest BCUT2D eigenvalue weighted by Gasteiger charge is -2.42. The largest absolute Gasteiger partial charge is 0.508 e. The SMILES string of the molecule is Cc1cc(O)cc(NC(=O)CCOC2(c3ccc(-c4cccc(C#N)c4)cc3)CCN(C3=CC3)CC2)c1. The normalized spacial score (nSPS) is 16.0. The van der Waals surface area contributed by atoms with Crippen molar-refractivity contribution < 1.29 is 14.6 Å². The van der Waals surface area contributed by atoms with Crippen molar-refractivity contribution >= 4 is 11.6 Å². The van der Waals surface area contributed by atoms with Gasteiger partial charge in [-0.1, -0.05) is 42.5 Å². The van der Waals surface area contributed by atoms with Crippen molar-refractivity contribution in [3.8, 4) is 22.9 Å². The standard InChI is InChI=1S/C31H31N3O3/c1-22-17-27(20-29(35)18-22)33-30(36)11-16-37-31(12-14-34(15-13-31)28-9-10-28)26-7-5-24(6-8-26)25-4-2-3-23(19-25)21-32/h2-9,17-20,35H,10-16H2,1H3,(H,33,36). The molecule has 2 aliphatic rings. The maximum Gasteiger partial charge on any atom is 0.226 e. The fraction of sp³-hybridized carbons (Fsp3) is 0.290. The van der Waals surface area contributed by atoms with Crippen LogP contribution in [0.5, 0.6) is 5.75 Å². The number of phenols is 1. The van der Waals surface area contributed by atoms with Crippen LogP contribution >= 0.6 is 0 Å². The highest BCUT2D eigenvalue weighted by Gasteiger charge is 2.38. The van der Waals surface area contributed by atoms with Crippen molar-refractivity contribution in [2.75, 3.05) is 25.0 Å². The van der Waals surface area contributed by atoms with E-state index in [0.29, 0.717) is 17.9 Å². The number of benzene rings is 3. The molecule has 1 amide bonds. The number of allylic oxidation sites excluding steroid dienone is 2. The van der Waals surface area contributed by atoms with Crippen molar-refractivity contribution in [3.63, 3.8) is 0 Å². The van der Waals surface area contributed by atoms with Gasteiger partial charge in [0.1, 0.15) is 5.75 Å². The van der Waals surface area contributed by atoms with Crippen LogP contribution in [0.3, 0.4) is 0 Å². The number of ether oxygens (including phenoxy) is 1. The molecule has 1 aliphatic heterocycles. The highest BCUT2D eigenvalue weighted by molar-refractivity contribution is 5.91. The van der Waals surface area contributed by atoms with Crippen molar-refractivity contribution in [2.24, 2.45) is 0 Å². The number of rotatable bonds is 8. The number of hydrogen-bond acceptors (Lipinski definition) is 5. The molecule has 2 N–H and O–H groups in total. The maximum absolute atomic E-state index is 12.6. The Labute approximate surface area is 217 Å². The van der Waals surface area contributed by atoms with Gasteiger partial charge in [0.15, 0.2) is 0 Å². The number of anilines is 1. The Morgan fingerprint density at radius 1 is 1.08 bits per heavy atom. The number of carbonyl (C=O) groups excluding carboxylic acids is 1. The van der Waals surface area contributed by atoms with Gasteiger partial charge in [0.2, 0.25) is 5.91 Å². The number of hydrogen-bond donors (Lipinski definition) is 2. The predicted molar refractivity (Wildman–Crippen MR) is 144 cm³/mol. The second-order valence-corrected chi connectivity index (χ2v) is 9.85. The maximum atomic E-state index is 12.6. The van der Waals surface area contributed by atoms with E-state index < -0.39 is 5.60 Å². The number of nitriles is 1. The zero-order chi connectivity index (χ0) is 25.8. The van der Waals surface area contributed by atoms with E-state index in [9.17, 15) is 15.2 Å². The van der Waals surface area contributed by atoms with Crippen LogP contribution in [0.4, 0.5) is 5.69 Å². The second kappa shape index (κ2) is 10.5. The summed E-state index contributed by atoms with van der Waals surface area (Å²) in [5.41, 5.74) is 6.24. The molecule has 37 heavy (non-hydrogen) atoms. The average molecular weight is 494 g/mol. The van der Waals surface area contributed by atoms with E-state index in [2.05, 4.69) is 46.6 Å². The second-order valence-electron chi connectivity index (χ2n) is 9.85. The van der Waals surface area contributed by atoms with Gasteiger partial charge in [0.25, 0.3) is 0 Å². The molecule has 0 radical (unpaired) electrons. The van der Waals surface area contributed by atoms with Gasteiger partial charge in [-0.3, -0.25) is 4.79 Å². The van der Waals surface area contributed by atoms with E-state index in [1.54, 1.807) is 12.1 Å². The molecule has 0 spiro atoms. The fourth-order valence-corrected chi connectivity index (χ4v) is 5.11. The first-order valence-corrected chi connectivity index (χ1v) is 12.7. The van der Waals surface area contributed by atoms with Gasteiger partial charge >= 0.3 is 0 Å². The van der Waals surface area contributed by atoms with Crippen LogP contribution in [0.15, 0.2) is 78.5 Å². The summed E-state index contributed by atoms with van der Waals surface area (Å²) < 4.78 is 6.54. The average Bonchev–Trinajstić information content (AvgIpc) is 3.74. The molecule has 1 aliphatic carbocycles. The summed E-state index contributed by atoms with van der Waals surface area (Å²) in [7, 11) is 0. The molecule has 0 bridgehead atoms. The van der Waals surface area contributed by atoms with Gasteiger partial charge in [-0.05, 0) is 66.3 Å². The minimum Gasteiger partial charge on any atom is -0.508 e. The minimum absolute atomic E-state index is 0.130. The number of aryl methyl sites for hydroxylation is 1. The third-order valence-electron chi connectivity index (χ3n) is 7.15. The zero-order valence-electron chi connectivity index (χ0n) is 21.0. The van der Waals surface area contributed by atoms with Crippen LogP contribution in [-0.4, -0.2) is 35.6 Å². The molecule has 0 unspecified atom stereocenters. The molecule has 3 aromatic rings. The molecule has 6 heteroatoms. The molecule has 188 valence electrons. The molecule has 1 heterocycles. The highest BCUT2D eigenvalue weighted by Crippen LogP contribution is 2.40. The third kappa shape index (κ3) is 5.84. The molecular weight excluding hydrogens is 462 g/mol. The van der Waals surface area contributed by atoms with Gasteiger partial charge in [-0.2, -0.15) is 5.26 Å². The number of aromatic hydroxyl groups is 1. The van der Waals surface area contributed by atoms with Crippen molar-refractivity contribution in [3.05, 3.63) is 95.2 Å². The molecular formula is C31H31N3O3. The number of phenolic OH excluding ortho intramolecular Hbond substituents is 1. The van der Waals surface area contributed by atoms with Gasteiger partial charge in [-0.15, -0.1) is 0 Å². The van der Waals surface area contributed by atoms with Crippen molar-refractivity contribution in [2.45, 2.75) is 38.2 Å². The smallest absolute Gasteiger partial charge is 0.226 e. The first-order chi connectivity index (χ1) is 17.9. The number of likely N-dealkylation sites (tertiary alicyclic amines) is 1. The van der Waals surface area contributed by atoms with E-state index in [1.165, 1.54) is 5.70 Å². The number of carbonyl (C=O) groups is 1. The molecule has 6 nitrogen and oxygen atoms in total. The monoisotopic (exact) mass is 493 g/mol. The minimum atomic E-state index is -0.457. The molecule has 5 rings (SSSR count). The third-order valence-corrected chi connectivity index (χ3v) is 7.15. The van der Waals surface area contributed by atoms with Gasteiger partial charge in [0, 0.05) is 37.0 Å². The predicted octanol–water partition coefficient (Wildman–Crippen LogP) is 5.86. The van der Waals surface area contributed by atoms with Crippen molar-refractivity contribution in [1.29, 1.82) is 5.26 Å². The molecule has 1 fully saturated rings. The number of amides is 1. The van der Waals surface area contributed by atoms with E-state index in [0.717, 1.165) is 54.6 Å². The van der Waals surface area contributed by atoms with E-state index in [4.69, 9.17) is 4.74 Å². The van der Waals surface area contributed by atoms with E-state index >= 15 is 0 Å². The Bertz CT molecular complexity index is 1340. The Balaban J connectivity index is 1.29. The van der Waals surface area contributed by atoms with Gasteiger partial charge in [0.05, 0.1) is 30.3 Å². The molecule has 0 atom stereocenters. The molecule has 0 aromatic heterocycles. The van der Waals surface area contributed by atoms with Crippen LogP contribution in [0.1, 0.15) is 42.4 Å². The zero-order valence-corrected chi connectivity index (χ0v) is 21.0. The lowest BCUT2D eigenvalue weighted by Crippen LogP contribution is -2.43. The topological polar surface area (TPSA) is 85.6 Å². The summed E-state index contributed by atoms with van der Waals surface area (Å²) >= 11 is 0. The summed E-state index contributed by atoms with van der Waals surface area (Å²) in [5, 5.41) is 21.9. The Hall–Kier alpha value is -4.08. The summed E-state index contributed by atoms with van der Waals surface area (Å²) in [6.07, 6.45) is 5.26. The molecule has 0 saturated carbocycles. The van der Waals surface area contributed by atoms with Crippen LogP contribution in [0.25, 0.3) is 11.1 Å². The van der Waals surface area contributed by atoms with Crippen LogP contribution in [0.2, 0.25) is 0 Å². The summed E-state index contributed by atoms with van der Waals surface area (Å²) in [5.74, 6) is -0.0146. The summed E-state index contributed by atoms with van der Waals surface area (Å²) in [4.78, 5) is 15.0.